The summed E-state index contributed by atoms with van der Waals surface area (Å²) in [6, 6.07) is 11.3. The molecule has 11 heteroatoms. The first kappa shape index (κ1) is 21.2. The molecule has 0 bridgehead atoms. The monoisotopic (exact) mass is 427 g/mol. The standard InChI is InChI=1S/C19H14F5N3O3/c1-29-16(28)10-12-2-4-13(5-3-12)17-25-11-27(26-17)14-6-8-15(9-7-14)30-19(23,24)18(20,21)22/h2-9,11H,10H2,1H3. The predicted octanol–water partition coefficient (Wildman–Crippen LogP) is 4.18. The van der Waals surface area contributed by atoms with Crippen LogP contribution in [-0.2, 0) is 16.0 Å². The van der Waals surface area contributed by atoms with Gasteiger partial charge in [0.15, 0.2) is 5.82 Å². The Morgan fingerprint density at radius 1 is 1.00 bits per heavy atom. The average Bonchev–Trinajstić information content (AvgIpc) is 3.18. The van der Waals surface area contributed by atoms with Crippen molar-refractivity contribution >= 4 is 5.97 Å². The summed E-state index contributed by atoms with van der Waals surface area (Å²) in [5.41, 5.74) is 1.78. The van der Waals surface area contributed by atoms with Crippen LogP contribution in [0.1, 0.15) is 5.56 Å². The van der Waals surface area contributed by atoms with E-state index >= 15 is 0 Å². The molecule has 6 nitrogen and oxygen atoms in total. The molecular formula is C19H14F5N3O3. The summed E-state index contributed by atoms with van der Waals surface area (Å²) >= 11 is 0. The van der Waals surface area contributed by atoms with Crippen LogP contribution in [0.15, 0.2) is 54.9 Å². The molecule has 3 rings (SSSR count). The van der Waals surface area contributed by atoms with Crippen LogP contribution in [0.3, 0.4) is 0 Å². The number of nitrogens with zero attached hydrogens (tertiary/aromatic N) is 3. The number of benzene rings is 2. The molecule has 158 valence electrons. The molecule has 0 fully saturated rings. The number of esters is 1. The van der Waals surface area contributed by atoms with Crippen molar-refractivity contribution in [3.63, 3.8) is 0 Å². The molecule has 0 aliphatic rings. The van der Waals surface area contributed by atoms with Gasteiger partial charge in [-0.15, -0.1) is 5.10 Å². The molecule has 0 saturated heterocycles. The van der Waals surface area contributed by atoms with Crippen molar-refractivity contribution < 1.29 is 36.2 Å². The Hall–Kier alpha value is -3.50. The Morgan fingerprint density at radius 2 is 1.63 bits per heavy atom. The number of methoxy groups -OCH3 is 1. The molecule has 0 atom stereocenters. The Balaban J connectivity index is 1.72. The number of hydrogen-bond donors (Lipinski definition) is 0. The van der Waals surface area contributed by atoms with Crippen LogP contribution in [0.5, 0.6) is 5.75 Å². The number of aromatic nitrogens is 3. The van der Waals surface area contributed by atoms with E-state index in [9.17, 15) is 26.7 Å². The van der Waals surface area contributed by atoms with E-state index in [0.29, 0.717) is 17.1 Å². The van der Waals surface area contributed by atoms with E-state index in [2.05, 4.69) is 19.6 Å². The highest BCUT2D eigenvalue weighted by Gasteiger charge is 2.61. The van der Waals surface area contributed by atoms with Crippen LogP contribution < -0.4 is 4.74 Å². The van der Waals surface area contributed by atoms with E-state index in [4.69, 9.17) is 0 Å². The molecule has 0 spiro atoms. The maximum atomic E-state index is 12.9. The number of rotatable bonds is 6. The van der Waals surface area contributed by atoms with Crippen LogP contribution >= 0.6 is 0 Å². The Bertz CT molecular complexity index is 1020. The Morgan fingerprint density at radius 3 is 2.20 bits per heavy atom. The highest BCUT2D eigenvalue weighted by atomic mass is 19.4. The smallest absolute Gasteiger partial charge is 0.469 e. The van der Waals surface area contributed by atoms with Crippen molar-refractivity contribution in [1.82, 2.24) is 14.8 Å². The predicted molar refractivity (Wildman–Crippen MR) is 94.1 cm³/mol. The van der Waals surface area contributed by atoms with Gasteiger partial charge in [0.25, 0.3) is 0 Å². The molecule has 3 aromatic rings. The van der Waals surface area contributed by atoms with Gasteiger partial charge in [-0.25, -0.2) is 9.67 Å². The van der Waals surface area contributed by atoms with Crippen molar-refractivity contribution in [2.24, 2.45) is 0 Å². The summed E-state index contributed by atoms with van der Waals surface area (Å²) in [5.74, 6) is -0.670. The third kappa shape index (κ3) is 4.73. The average molecular weight is 427 g/mol. The first-order valence-corrected chi connectivity index (χ1v) is 8.41. The molecular weight excluding hydrogens is 413 g/mol. The molecule has 30 heavy (non-hydrogen) atoms. The van der Waals surface area contributed by atoms with Crippen molar-refractivity contribution in [3.8, 4) is 22.8 Å². The SMILES string of the molecule is COC(=O)Cc1ccc(-c2ncn(-c3ccc(OC(F)(F)C(F)(F)F)cc3)n2)cc1. The molecule has 0 aliphatic carbocycles. The van der Waals surface area contributed by atoms with Crippen LogP contribution in [-0.4, -0.2) is 40.1 Å². The molecule has 0 N–H and O–H groups in total. The minimum Gasteiger partial charge on any atom is -0.469 e. The van der Waals surface area contributed by atoms with Crippen molar-refractivity contribution in [1.29, 1.82) is 0 Å². The molecule has 1 aromatic heterocycles. The van der Waals surface area contributed by atoms with Gasteiger partial charge in [-0.1, -0.05) is 24.3 Å². The van der Waals surface area contributed by atoms with Crippen LogP contribution in [0.2, 0.25) is 0 Å². The maximum absolute atomic E-state index is 12.9. The number of alkyl halides is 5. The highest BCUT2D eigenvalue weighted by Crippen LogP contribution is 2.37. The zero-order valence-corrected chi connectivity index (χ0v) is 15.4. The molecule has 0 unspecified atom stereocenters. The molecule has 2 aromatic carbocycles. The minimum atomic E-state index is -5.82. The fourth-order valence-corrected chi connectivity index (χ4v) is 2.40. The van der Waals surface area contributed by atoms with Gasteiger partial charge < -0.3 is 9.47 Å². The van der Waals surface area contributed by atoms with Crippen LogP contribution in [0, 0.1) is 0 Å². The lowest BCUT2D eigenvalue weighted by atomic mass is 10.1. The van der Waals surface area contributed by atoms with Gasteiger partial charge in [0, 0.05) is 5.56 Å². The van der Waals surface area contributed by atoms with E-state index in [1.807, 2.05) is 0 Å². The zero-order valence-electron chi connectivity index (χ0n) is 15.4. The van der Waals surface area contributed by atoms with E-state index in [1.165, 1.54) is 30.3 Å². The lowest BCUT2D eigenvalue weighted by Gasteiger charge is -2.20. The largest absolute Gasteiger partial charge is 0.499 e. The summed E-state index contributed by atoms with van der Waals surface area (Å²) in [5, 5.41) is 4.25. The lowest BCUT2D eigenvalue weighted by Crippen LogP contribution is -2.41. The molecule has 0 amide bonds. The quantitative estimate of drug-likeness (QED) is 0.436. The fraction of sp³-hybridized carbons (Fsp3) is 0.211. The van der Waals surface area contributed by atoms with E-state index in [0.717, 1.165) is 17.7 Å². The second-order valence-corrected chi connectivity index (χ2v) is 6.07. The second kappa shape index (κ2) is 8.09. The minimum absolute atomic E-state index is 0.125. The molecule has 0 aliphatic heterocycles. The van der Waals surface area contributed by atoms with E-state index in [1.54, 1.807) is 24.3 Å². The van der Waals surface area contributed by atoms with Crippen molar-refractivity contribution in [3.05, 3.63) is 60.4 Å². The van der Waals surface area contributed by atoms with Gasteiger partial charge in [0.2, 0.25) is 0 Å². The Kier molecular flexibility index (Phi) is 5.72. The van der Waals surface area contributed by atoms with Gasteiger partial charge >= 0.3 is 18.3 Å². The number of ether oxygens (including phenoxy) is 2. The van der Waals surface area contributed by atoms with E-state index < -0.39 is 18.0 Å². The van der Waals surface area contributed by atoms with Crippen LogP contribution in [0.4, 0.5) is 22.0 Å². The van der Waals surface area contributed by atoms with Gasteiger partial charge in [0.1, 0.15) is 12.1 Å². The summed E-state index contributed by atoms with van der Waals surface area (Å²) in [4.78, 5) is 15.4. The second-order valence-electron chi connectivity index (χ2n) is 6.07. The van der Waals surface area contributed by atoms with E-state index in [-0.39, 0.29) is 12.4 Å². The summed E-state index contributed by atoms with van der Waals surface area (Å²) < 4.78 is 72.2. The topological polar surface area (TPSA) is 66.2 Å². The number of halogens is 5. The van der Waals surface area contributed by atoms with Crippen molar-refractivity contribution in [2.75, 3.05) is 7.11 Å². The fourth-order valence-electron chi connectivity index (χ4n) is 2.40. The summed E-state index contributed by atoms with van der Waals surface area (Å²) in [7, 11) is 1.30. The first-order chi connectivity index (χ1) is 14.1. The maximum Gasteiger partial charge on any atom is 0.499 e. The summed E-state index contributed by atoms with van der Waals surface area (Å²) in [6.45, 7) is 0. The van der Waals surface area contributed by atoms with Gasteiger partial charge in [-0.3, -0.25) is 4.79 Å². The first-order valence-electron chi connectivity index (χ1n) is 8.41. The van der Waals surface area contributed by atoms with Gasteiger partial charge in [-0.2, -0.15) is 22.0 Å². The summed E-state index contributed by atoms with van der Waals surface area (Å²) in [6.07, 6.45) is -9.63. The number of carbonyl (C=O) groups is 1. The van der Waals surface area contributed by atoms with Gasteiger partial charge in [0.05, 0.1) is 19.2 Å². The third-order valence-corrected chi connectivity index (χ3v) is 3.96. The lowest BCUT2D eigenvalue weighted by molar-refractivity contribution is -0.360. The van der Waals surface area contributed by atoms with Crippen molar-refractivity contribution in [2.45, 2.75) is 18.7 Å². The molecule has 0 saturated carbocycles. The Labute approximate surface area is 166 Å². The zero-order chi connectivity index (χ0) is 21.9. The molecule has 1 heterocycles. The highest BCUT2D eigenvalue weighted by molar-refractivity contribution is 5.72. The number of carbonyl (C=O) groups excluding carboxylic acids is 1. The van der Waals surface area contributed by atoms with Gasteiger partial charge in [-0.05, 0) is 29.8 Å². The molecule has 0 radical (unpaired) electrons. The van der Waals surface area contributed by atoms with Crippen LogP contribution in [0.25, 0.3) is 17.1 Å². The number of hydrogen-bond acceptors (Lipinski definition) is 5. The third-order valence-electron chi connectivity index (χ3n) is 3.96. The normalized spacial score (nSPS) is 11.9.